The van der Waals surface area contributed by atoms with E-state index in [4.69, 9.17) is 0 Å². The van der Waals surface area contributed by atoms with Crippen molar-refractivity contribution in [2.24, 2.45) is 5.92 Å². The molecule has 0 aromatic heterocycles. The smallest absolute Gasteiger partial charge is 0.308 e. The number of nitriles is 1. The van der Waals surface area contributed by atoms with Crippen LogP contribution in [-0.2, 0) is 14.8 Å². The maximum Gasteiger partial charge on any atom is 0.308 e. The number of fused-ring (bicyclic) bond motifs is 2. The van der Waals surface area contributed by atoms with Crippen LogP contribution in [0.2, 0.25) is 0 Å². The topological polar surface area (TPSA) is 98.5 Å². The van der Waals surface area contributed by atoms with Gasteiger partial charge in [0.15, 0.2) is 0 Å². The van der Waals surface area contributed by atoms with Gasteiger partial charge in [-0.25, -0.2) is 8.42 Å². The minimum Gasteiger partial charge on any atom is -0.481 e. The van der Waals surface area contributed by atoms with Crippen molar-refractivity contribution in [2.45, 2.75) is 36.2 Å². The minimum atomic E-state index is -3.89. The normalized spacial score (nSPS) is 27.7. The molecule has 0 amide bonds. The average molecular weight is 385 g/mol. The van der Waals surface area contributed by atoms with Crippen LogP contribution in [0.15, 0.2) is 27.6 Å². The summed E-state index contributed by atoms with van der Waals surface area (Å²) in [5.74, 6) is -1.62. The second-order valence-corrected chi connectivity index (χ2v) is 8.20. The van der Waals surface area contributed by atoms with E-state index in [1.54, 1.807) is 12.1 Å². The lowest BCUT2D eigenvalue weighted by Crippen LogP contribution is -2.38. The van der Waals surface area contributed by atoms with Crippen molar-refractivity contribution in [3.8, 4) is 6.07 Å². The number of sulfonamides is 1. The van der Waals surface area contributed by atoms with Gasteiger partial charge in [-0.05, 0) is 47.3 Å². The Kier molecular flexibility index (Phi) is 3.75. The van der Waals surface area contributed by atoms with Crippen LogP contribution in [-0.4, -0.2) is 35.9 Å². The van der Waals surface area contributed by atoms with E-state index in [1.807, 2.05) is 6.07 Å². The highest BCUT2D eigenvalue weighted by Gasteiger charge is 2.54. The molecule has 3 rings (SSSR count). The summed E-state index contributed by atoms with van der Waals surface area (Å²) in [5, 5.41) is 18.5. The molecule has 2 bridgehead atoms. The van der Waals surface area contributed by atoms with Gasteiger partial charge < -0.3 is 5.11 Å². The maximum absolute atomic E-state index is 13.0. The molecule has 8 heteroatoms. The van der Waals surface area contributed by atoms with E-state index in [9.17, 15) is 23.6 Å². The van der Waals surface area contributed by atoms with E-state index < -0.39 is 28.0 Å². The van der Waals surface area contributed by atoms with Crippen LogP contribution in [0.3, 0.4) is 0 Å². The highest BCUT2D eigenvalue weighted by Crippen LogP contribution is 2.45. The van der Waals surface area contributed by atoms with Crippen LogP contribution >= 0.6 is 15.9 Å². The molecule has 2 saturated heterocycles. The van der Waals surface area contributed by atoms with E-state index >= 15 is 0 Å². The van der Waals surface area contributed by atoms with Gasteiger partial charge in [0.1, 0.15) is 11.0 Å². The van der Waals surface area contributed by atoms with Gasteiger partial charge in [0.2, 0.25) is 10.0 Å². The number of rotatable bonds is 3. The van der Waals surface area contributed by atoms with Gasteiger partial charge in [0.05, 0.1) is 11.5 Å². The van der Waals surface area contributed by atoms with Gasteiger partial charge in [-0.3, -0.25) is 4.79 Å². The van der Waals surface area contributed by atoms with Crippen LogP contribution in [0.5, 0.6) is 0 Å². The first kappa shape index (κ1) is 15.5. The van der Waals surface area contributed by atoms with E-state index in [1.165, 1.54) is 10.4 Å². The first-order valence-corrected chi connectivity index (χ1v) is 9.06. The summed E-state index contributed by atoms with van der Waals surface area (Å²) in [6.45, 7) is 0. The molecule has 0 aliphatic carbocycles. The second kappa shape index (κ2) is 5.33. The Bertz CT molecular complexity index is 787. The van der Waals surface area contributed by atoms with Crippen LogP contribution in [0, 0.1) is 17.2 Å². The first-order chi connectivity index (χ1) is 10.4. The fourth-order valence-corrected chi connectivity index (χ4v) is 6.19. The number of carboxylic acids is 1. The number of nitrogens with zero attached hydrogens (tertiary/aromatic N) is 2. The van der Waals surface area contributed by atoms with Crippen LogP contribution in [0.1, 0.15) is 24.8 Å². The molecule has 0 spiro atoms. The summed E-state index contributed by atoms with van der Waals surface area (Å²) < 4.78 is 27.6. The van der Waals surface area contributed by atoms with Crippen molar-refractivity contribution in [2.75, 3.05) is 0 Å². The van der Waals surface area contributed by atoms with Crippen molar-refractivity contribution in [3.63, 3.8) is 0 Å². The van der Waals surface area contributed by atoms with E-state index in [0.29, 0.717) is 23.7 Å². The van der Waals surface area contributed by atoms with Gasteiger partial charge in [0, 0.05) is 16.6 Å². The lowest BCUT2D eigenvalue weighted by atomic mass is 9.89. The van der Waals surface area contributed by atoms with Crippen LogP contribution in [0.4, 0.5) is 0 Å². The lowest BCUT2D eigenvalue weighted by Gasteiger charge is -2.23. The number of halogens is 1. The molecule has 0 saturated carbocycles. The standard InChI is InChI=1S/C14H13BrN2O4S/c15-11-2-1-3-13(10(11)7-16)22(20,21)17-8-4-5-12(17)9(6-8)14(18)19/h1-3,8-9,12H,4-6H2,(H,18,19). The molecule has 3 atom stereocenters. The van der Waals surface area contributed by atoms with Gasteiger partial charge >= 0.3 is 5.97 Å². The third-order valence-corrected chi connectivity index (χ3v) is 7.11. The molecule has 1 N–H and O–H groups in total. The Morgan fingerprint density at radius 3 is 2.73 bits per heavy atom. The molecule has 2 fully saturated rings. The summed E-state index contributed by atoms with van der Waals surface area (Å²) in [6.07, 6.45) is 1.56. The molecular formula is C14H13BrN2O4S. The number of hydrogen-bond donors (Lipinski definition) is 1. The Morgan fingerprint density at radius 2 is 2.14 bits per heavy atom. The number of carbonyl (C=O) groups is 1. The fraction of sp³-hybridized carbons (Fsp3) is 0.429. The minimum absolute atomic E-state index is 0.0562. The Labute approximate surface area is 136 Å². The zero-order valence-corrected chi connectivity index (χ0v) is 13.8. The van der Waals surface area contributed by atoms with Crippen LogP contribution < -0.4 is 0 Å². The Balaban J connectivity index is 2.08. The van der Waals surface area contributed by atoms with Crippen molar-refractivity contribution >= 4 is 31.9 Å². The third-order valence-electron chi connectivity index (χ3n) is 4.43. The molecular weight excluding hydrogens is 372 g/mol. The molecule has 1 aromatic rings. The Morgan fingerprint density at radius 1 is 1.41 bits per heavy atom. The number of hydrogen-bond acceptors (Lipinski definition) is 4. The monoisotopic (exact) mass is 384 g/mol. The number of aliphatic carboxylic acids is 1. The molecule has 1 aromatic carbocycles. The highest BCUT2D eigenvalue weighted by molar-refractivity contribution is 9.10. The molecule has 2 aliphatic heterocycles. The van der Waals surface area contributed by atoms with Gasteiger partial charge in [-0.15, -0.1) is 0 Å². The molecule has 0 radical (unpaired) electrons. The quantitative estimate of drug-likeness (QED) is 0.858. The van der Waals surface area contributed by atoms with Gasteiger partial charge in [0.25, 0.3) is 0 Å². The zero-order valence-electron chi connectivity index (χ0n) is 11.4. The zero-order chi connectivity index (χ0) is 16.1. The highest BCUT2D eigenvalue weighted by atomic mass is 79.9. The lowest BCUT2D eigenvalue weighted by molar-refractivity contribution is -0.142. The second-order valence-electron chi connectivity index (χ2n) is 5.54. The number of carboxylic acid groups (broad SMARTS) is 1. The summed E-state index contributed by atoms with van der Waals surface area (Å²) >= 11 is 3.19. The van der Waals surface area contributed by atoms with E-state index in [0.717, 1.165) is 0 Å². The van der Waals surface area contributed by atoms with Crippen molar-refractivity contribution in [1.82, 2.24) is 4.31 Å². The van der Waals surface area contributed by atoms with E-state index in [2.05, 4.69) is 15.9 Å². The summed E-state index contributed by atoms with van der Waals surface area (Å²) in [5.41, 5.74) is 0.0562. The summed E-state index contributed by atoms with van der Waals surface area (Å²) in [7, 11) is -3.89. The molecule has 116 valence electrons. The number of benzene rings is 1. The predicted octanol–water partition coefficient (Wildman–Crippen LogP) is 1.95. The Hall–Kier alpha value is -1.43. The SMILES string of the molecule is N#Cc1c(Br)cccc1S(=O)(=O)N1C2CCC1C(C(=O)O)C2. The molecule has 3 unspecified atom stereocenters. The van der Waals surface area contributed by atoms with Crippen molar-refractivity contribution in [3.05, 3.63) is 28.2 Å². The molecule has 22 heavy (non-hydrogen) atoms. The van der Waals surface area contributed by atoms with Crippen molar-refractivity contribution < 1.29 is 18.3 Å². The molecule has 6 nitrogen and oxygen atoms in total. The third kappa shape index (κ3) is 2.16. The maximum atomic E-state index is 13.0. The molecule has 2 aliphatic rings. The van der Waals surface area contributed by atoms with Crippen LogP contribution in [0.25, 0.3) is 0 Å². The summed E-state index contributed by atoms with van der Waals surface area (Å²) in [4.78, 5) is 11.2. The predicted molar refractivity (Wildman–Crippen MR) is 80.4 cm³/mol. The van der Waals surface area contributed by atoms with Gasteiger partial charge in [-0.1, -0.05) is 6.07 Å². The van der Waals surface area contributed by atoms with E-state index in [-0.39, 0.29) is 16.5 Å². The fourth-order valence-electron chi connectivity index (χ4n) is 3.52. The first-order valence-electron chi connectivity index (χ1n) is 6.83. The van der Waals surface area contributed by atoms with Crippen molar-refractivity contribution in [1.29, 1.82) is 5.26 Å². The largest absolute Gasteiger partial charge is 0.481 e. The average Bonchev–Trinajstić information content (AvgIpc) is 3.05. The molecule has 2 heterocycles. The van der Waals surface area contributed by atoms with Gasteiger partial charge in [-0.2, -0.15) is 9.57 Å². The summed E-state index contributed by atoms with van der Waals surface area (Å²) in [6, 6.07) is 5.66.